The molecule has 1 saturated heterocycles. The van der Waals surface area contributed by atoms with Crippen LogP contribution < -0.4 is 16.0 Å². The highest BCUT2D eigenvalue weighted by Crippen LogP contribution is 2.21. The molecule has 0 spiro atoms. The molecule has 3 heterocycles. The molecule has 0 atom stereocenters. The van der Waals surface area contributed by atoms with Gasteiger partial charge in [0.25, 0.3) is 5.56 Å². The zero-order valence-corrected chi connectivity index (χ0v) is 17.5. The number of nitrogens with zero attached hydrogens (tertiary/aromatic N) is 5. The number of benzene rings is 1. The molecular weight excluding hydrogens is 382 g/mol. The van der Waals surface area contributed by atoms with E-state index in [0.717, 1.165) is 44.1 Å². The Hall–Kier alpha value is -2.97. The van der Waals surface area contributed by atoms with Gasteiger partial charge in [-0.2, -0.15) is 0 Å². The number of piperazine rings is 1. The van der Waals surface area contributed by atoms with E-state index in [1.807, 2.05) is 37.4 Å². The molecule has 1 aliphatic rings. The molecule has 8 nitrogen and oxygen atoms in total. The van der Waals surface area contributed by atoms with Crippen molar-refractivity contribution in [2.45, 2.75) is 13.1 Å². The SMILES string of the molecule is COCCn1cnc2cc(N3CCN(Cc4cccc(=O)n4C)CC3)ccc2c1=O. The molecule has 158 valence electrons. The third-order valence-electron chi connectivity index (χ3n) is 5.76. The Morgan fingerprint density at radius 1 is 1.07 bits per heavy atom. The molecule has 0 unspecified atom stereocenters. The second-order valence-electron chi connectivity index (χ2n) is 7.61. The monoisotopic (exact) mass is 409 g/mol. The molecule has 2 aromatic heterocycles. The highest BCUT2D eigenvalue weighted by atomic mass is 16.5. The molecule has 0 N–H and O–H groups in total. The van der Waals surface area contributed by atoms with Gasteiger partial charge in [0.05, 0.1) is 30.4 Å². The Morgan fingerprint density at radius 3 is 2.63 bits per heavy atom. The smallest absolute Gasteiger partial charge is 0.261 e. The summed E-state index contributed by atoms with van der Waals surface area (Å²) in [7, 11) is 3.44. The van der Waals surface area contributed by atoms with Crippen LogP contribution in [0, 0.1) is 0 Å². The van der Waals surface area contributed by atoms with Crippen LogP contribution in [0.2, 0.25) is 0 Å². The van der Waals surface area contributed by atoms with Crippen LogP contribution in [0.4, 0.5) is 5.69 Å². The van der Waals surface area contributed by atoms with Gasteiger partial charge in [0.2, 0.25) is 5.56 Å². The van der Waals surface area contributed by atoms with Crippen molar-refractivity contribution in [3.05, 3.63) is 69.1 Å². The molecule has 1 fully saturated rings. The zero-order chi connectivity index (χ0) is 21.1. The number of hydrogen-bond acceptors (Lipinski definition) is 6. The molecule has 3 aromatic rings. The number of fused-ring (bicyclic) bond motifs is 1. The van der Waals surface area contributed by atoms with Crippen LogP contribution in [0.1, 0.15) is 5.69 Å². The van der Waals surface area contributed by atoms with Gasteiger partial charge in [0.1, 0.15) is 0 Å². The number of aromatic nitrogens is 3. The molecule has 30 heavy (non-hydrogen) atoms. The Bertz CT molecular complexity index is 1150. The van der Waals surface area contributed by atoms with Crippen LogP contribution in [0.5, 0.6) is 0 Å². The van der Waals surface area contributed by atoms with Crippen molar-refractivity contribution in [3.8, 4) is 0 Å². The molecule has 4 rings (SSSR count). The van der Waals surface area contributed by atoms with E-state index in [2.05, 4.69) is 14.8 Å². The van der Waals surface area contributed by atoms with Crippen molar-refractivity contribution >= 4 is 16.6 Å². The van der Waals surface area contributed by atoms with Gasteiger partial charge in [-0.3, -0.25) is 19.1 Å². The molecule has 1 aromatic carbocycles. The van der Waals surface area contributed by atoms with Crippen molar-refractivity contribution in [1.82, 2.24) is 19.0 Å². The standard InChI is InChI=1S/C22H27N5O3/c1-24-18(4-3-5-21(24)28)15-25-8-10-26(11-9-25)17-6-7-19-20(14-17)23-16-27(22(19)29)12-13-30-2/h3-7,14,16H,8-13,15H2,1-2H3. The minimum atomic E-state index is -0.0399. The van der Waals surface area contributed by atoms with Gasteiger partial charge in [-0.1, -0.05) is 6.07 Å². The predicted molar refractivity (Wildman–Crippen MR) is 117 cm³/mol. The molecule has 0 bridgehead atoms. The van der Waals surface area contributed by atoms with E-state index < -0.39 is 0 Å². The molecule has 0 radical (unpaired) electrons. The van der Waals surface area contributed by atoms with Crippen LogP contribution in [0.15, 0.2) is 52.3 Å². The maximum atomic E-state index is 12.6. The van der Waals surface area contributed by atoms with Gasteiger partial charge in [-0.05, 0) is 24.3 Å². The summed E-state index contributed by atoms with van der Waals surface area (Å²) in [6, 6.07) is 11.3. The normalized spacial score (nSPS) is 15.1. The summed E-state index contributed by atoms with van der Waals surface area (Å²) in [5.74, 6) is 0. The Labute approximate surface area is 174 Å². The number of methoxy groups -OCH3 is 1. The lowest BCUT2D eigenvalue weighted by Crippen LogP contribution is -2.46. The van der Waals surface area contributed by atoms with E-state index >= 15 is 0 Å². The average Bonchev–Trinajstić information content (AvgIpc) is 2.77. The highest BCUT2D eigenvalue weighted by Gasteiger charge is 2.19. The predicted octanol–water partition coefficient (Wildman–Crippen LogP) is 1.06. The van der Waals surface area contributed by atoms with Gasteiger partial charge in [0, 0.05) is 64.3 Å². The first-order valence-corrected chi connectivity index (χ1v) is 10.2. The van der Waals surface area contributed by atoms with Crippen molar-refractivity contribution in [2.75, 3.05) is 44.8 Å². The summed E-state index contributed by atoms with van der Waals surface area (Å²) in [4.78, 5) is 33.6. The fraction of sp³-hybridized carbons (Fsp3) is 0.409. The third kappa shape index (κ3) is 4.15. The Kier molecular flexibility index (Phi) is 5.96. The van der Waals surface area contributed by atoms with Crippen molar-refractivity contribution in [2.24, 2.45) is 7.05 Å². The quantitative estimate of drug-likeness (QED) is 0.606. The molecule has 0 amide bonds. The van der Waals surface area contributed by atoms with Crippen LogP contribution in [0.3, 0.4) is 0 Å². The third-order valence-corrected chi connectivity index (χ3v) is 5.76. The second-order valence-corrected chi connectivity index (χ2v) is 7.61. The summed E-state index contributed by atoms with van der Waals surface area (Å²) in [6.45, 7) is 5.33. The van der Waals surface area contributed by atoms with Gasteiger partial charge >= 0.3 is 0 Å². The summed E-state index contributed by atoms with van der Waals surface area (Å²) in [6.07, 6.45) is 1.59. The molecule has 1 aliphatic heterocycles. The van der Waals surface area contributed by atoms with Crippen LogP contribution in [0.25, 0.3) is 10.9 Å². The number of hydrogen-bond donors (Lipinski definition) is 0. The number of pyridine rings is 1. The lowest BCUT2D eigenvalue weighted by Gasteiger charge is -2.36. The fourth-order valence-corrected chi connectivity index (χ4v) is 3.85. The maximum Gasteiger partial charge on any atom is 0.261 e. The van der Waals surface area contributed by atoms with E-state index in [0.29, 0.717) is 24.1 Å². The second kappa shape index (κ2) is 8.81. The van der Waals surface area contributed by atoms with E-state index in [-0.39, 0.29) is 11.1 Å². The van der Waals surface area contributed by atoms with E-state index in [4.69, 9.17) is 4.74 Å². The summed E-state index contributed by atoms with van der Waals surface area (Å²) >= 11 is 0. The Balaban J connectivity index is 1.44. The van der Waals surface area contributed by atoms with Crippen LogP contribution >= 0.6 is 0 Å². The molecular formula is C22H27N5O3. The van der Waals surface area contributed by atoms with Crippen LogP contribution in [-0.2, 0) is 24.9 Å². The van der Waals surface area contributed by atoms with Gasteiger partial charge in [0.15, 0.2) is 0 Å². The minimum Gasteiger partial charge on any atom is -0.383 e. The fourth-order valence-electron chi connectivity index (χ4n) is 3.85. The van der Waals surface area contributed by atoms with E-state index in [9.17, 15) is 9.59 Å². The summed E-state index contributed by atoms with van der Waals surface area (Å²) in [5.41, 5.74) is 2.80. The zero-order valence-electron chi connectivity index (χ0n) is 17.5. The Morgan fingerprint density at radius 2 is 1.87 bits per heavy atom. The number of ether oxygens (including phenoxy) is 1. The number of rotatable bonds is 6. The van der Waals surface area contributed by atoms with Gasteiger partial charge in [-0.25, -0.2) is 4.98 Å². The first-order valence-electron chi connectivity index (χ1n) is 10.2. The topological polar surface area (TPSA) is 72.6 Å². The first kappa shape index (κ1) is 20.3. The van der Waals surface area contributed by atoms with Crippen molar-refractivity contribution in [1.29, 1.82) is 0 Å². The van der Waals surface area contributed by atoms with Crippen molar-refractivity contribution < 1.29 is 4.74 Å². The van der Waals surface area contributed by atoms with Gasteiger partial charge in [-0.15, -0.1) is 0 Å². The average molecular weight is 409 g/mol. The molecule has 0 aliphatic carbocycles. The lowest BCUT2D eigenvalue weighted by molar-refractivity contribution is 0.186. The highest BCUT2D eigenvalue weighted by molar-refractivity contribution is 5.81. The molecule has 8 heteroatoms. The summed E-state index contributed by atoms with van der Waals surface area (Å²) in [5, 5.41) is 0.626. The van der Waals surface area contributed by atoms with E-state index in [1.54, 1.807) is 28.6 Å². The lowest BCUT2D eigenvalue weighted by atomic mass is 10.2. The minimum absolute atomic E-state index is 0.0242. The summed E-state index contributed by atoms with van der Waals surface area (Å²) < 4.78 is 8.35. The molecule has 0 saturated carbocycles. The van der Waals surface area contributed by atoms with Crippen LogP contribution in [-0.4, -0.2) is 58.9 Å². The maximum absolute atomic E-state index is 12.6. The van der Waals surface area contributed by atoms with Crippen molar-refractivity contribution in [3.63, 3.8) is 0 Å². The van der Waals surface area contributed by atoms with Gasteiger partial charge < -0.3 is 14.2 Å². The number of anilines is 1. The largest absolute Gasteiger partial charge is 0.383 e. The first-order chi connectivity index (χ1) is 14.6. The van der Waals surface area contributed by atoms with E-state index in [1.165, 1.54) is 0 Å².